The number of furan rings is 1. The number of thiophene rings is 1. The molecule has 0 aliphatic rings. The molecule has 6 heteroatoms. The molecule has 0 aliphatic carbocycles. The zero-order valence-electron chi connectivity index (χ0n) is 35.0. The molecular formula is C49H60IrNO3S-. The Bertz CT molecular complexity index is 2290. The van der Waals surface area contributed by atoms with E-state index in [0.29, 0.717) is 5.92 Å². The van der Waals surface area contributed by atoms with Gasteiger partial charge >= 0.3 is 0 Å². The number of rotatable bonds is 11. The number of carbonyl (C=O) groups is 1. The van der Waals surface area contributed by atoms with E-state index in [1.54, 1.807) is 0 Å². The van der Waals surface area contributed by atoms with Crippen LogP contribution in [0.5, 0.6) is 0 Å². The molecule has 0 atom stereocenters. The molecule has 0 unspecified atom stereocenters. The van der Waals surface area contributed by atoms with Crippen LogP contribution >= 0.6 is 11.3 Å². The Morgan fingerprint density at radius 1 is 0.873 bits per heavy atom. The molecule has 0 saturated carbocycles. The fourth-order valence-corrected chi connectivity index (χ4v) is 8.56. The summed E-state index contributed by atoms with van der Waals surface area (Å²) in [6.07, 6.45) is 7.71. The van der Waals surface area contributed by atoms with Crippen LogP contribution in [0.3, 0.4) is 0 Å². The molecule has 3 aromatic carbocycles. The molecule has 3 aromatic heterocycles. The Labute approximate surface area is 347 Å². The largest absolute Gasteiger partial charge is 0.512 e. The van der Waals surface area contributed by atoms with Crippen molar-refractivity contribution in [3.8, 4) is 22.6 Å². The number of fused-ring (bicyclic) bond motifs is 3. The van der Waals surface area contributed by atoms with Crippen molar-refractivity contribution in [3.05, 3.63) is 101 Å². The Hall–Kier alpha value is -3.57. The molecule has 0 saturated heterocycles. The van der Waals surface area contributed by atoms with Crippen LogP contribution in [0.4, 0.5) is 0 Å². The van der Waals surface area contributed by atoms with Crippen LogP contribution in [0.2, 0.25) is 0 Å². The predicted molar refractivity (Wildman–Crippen MR) is 232 cm³/mol. The molecule has 0 spiro atoms. The first-order valence-electron chi connectivity index (χ1n) is 19.8. The van der Waals surface area contributed by atoms with E-state index in [2.05, 4.69) is 102 Å². The summed E-state index contributed by atoms with van der Waals surface area (Å²) in [5.74, 6) is 1.81. The molecule has 55 heavy (non-hydrogen) atoms. The van der Waals surface area contributed by atoms with Gasteiger partial charge in [-0.25, -0.2) is 0 Å². The van der Waals surface area contributed by atoms with Crippen molar-refractivity contribution in [1.82, 2.24) is 4.98 Å². The van der Waals surface area contributed by atoms with E-state index in [9.17, 15) is 9.90 Å². The molecule has 295 valence electrons. The van der Waals surface area contributed by atoms with E-state index in [1.165, 1.54) is 37.6 Å². The van der Waals surface area contributed by atoms with Gasteiger partial charge in [0.2, 0.25) is 0 Å². The summed E-state index contributed by atoms with van der Waals surface area (Å²) < 4.78 is 7.79. The summed E-state index contributed by atoms with van der Waals surface area (Å²) in [6.45, 7) is 25.7. The number of ketones is 1. The molecule has 0 fully saturated rings. The molecule has 1 radical (unpaired) electrons. The average Bonchev–Trinajstić information content (AvgIpc) is 3.73. The number of hydrogen-bond acceptors (Lipinski definition) is 5. The Morgan fingerprint density at radius 2 is 1.51 bits per heavy atom. The molecule has 1 N–H and O–H groups in total. The van der Waals surface area contributed by atoms with Gasteiger partial charge in [-0.2, -0.15) is 0 Å². The van der Waals surface area contributed by atoms with E-state index in [-0.39, 0.29) is 47.9 Å². The minimum Gasteiger partial charge on any atom is -0.512 e. The average molecular weight is 935 g/mol. The minimum absolute atomic E-state index is 0. The van der Waals surface area contributed by atoms with E-state index in [1.807, 2.05) is 65.1 Å². The molecule has 0 aliphatic heterocycles. The number of aliphatic hydroxyl groups is 1. The first-order chi connectivity index (χ1) is 25.5. The van der Waals surface area contributed by atoms with Crippen molar-refractivity contribution in [3.63, 3.8) is 0 Å². The molecule has 6 aromatic rings. The number of carbonyl (C=O) groups excluding carboxylic acids is 1. The molecule has 0 bridgehead atoms. The van der Waals surface area contributed by atoms with Crippen LogP contribution in [0.1, 0.15) is 118 Å². The Balaban J connectivity index is 0.000000320. The molecular weight excluding hydrogens is 875 g/mol. The smallest absolute Gasteiger partial charge is 0.164 e. The van der Waals surface area contributed by atoms with E-state index < -0.39 is 0 Å². The third-order valence-electron chi connectivity index (χ3n) is 11.8. The summed E-state index contributed by atoms with van der Waals surface area (Å²) >= 11 is 1.91. The first kappa shape index (κ1) is 44.1. The summed E-state index contributed by atoms with van der Waals surface area (Å²) in [4.78, 5) is 18.5. The fourth-order valence-electron chi connectivity index (χ4n) is 7.02. The summed E-state index contributed by atoms with van der Waals surface area (Å²) in [6, 6.07) is 25.1. The van der Waals surface area contributed by atoms with Crippen molar-refractivity contribution in [2.75, 3.05) is 0 Å². The Morgan fingerprint density at radius 3 is 2.13 bits per heavy atom. The third-order valence-corrected chi connectivity index (χ3v) is 13.2. The van der Waals surface area contributed by atoms with Gasteiger partial charge in [0, 0.05) is 69.4 Å². The number of allylic oxidation sites excluding steroid dienone is 2. The van der Waals surface area contributed by atoms with Crippen molar-refractivity contribution in [2.45, 2.75) is 121 Å². The SMILES string of the molecule is CCC(C)(CC)C(=O)/C=C(\O)C(C)(CC)CC.Cc1c(CC(C)C)sc2c(-c3cc4c(-c5[c-]c6ccccc6c(C(C)(C)C)c5)nccc4o3)cccc12.[Ir]. The topological polar surface area (TPSA) is 63.3 Å². The number of pyridine rings is 1. The van der Waals surface area contributed by atoms with Gasteiger partial charge < -0.3 is 9.52 Å². The van der Waals surface area contributed by atoms with Gasteiger partial charge in [-0.3, -0.25) is 9.78 Å². The third kappa shape index (κ3) is 9.19. The zero-order valence-corrected chi connectivity index (χ0v) is 38.2. The number of aryl methyl sites for hydroxylation is 1. The predicted octanol–water partition coefficient (Wildman–Crippen LogP) is 14.8. The summed E-state index contributed by atoms with van der Waals surface area (Å²) in [5, 5.41) is 14.8. The van der Waals surface area contributed by atoms with E-state index >= 15 is 0 Å². The number of aromatic nitrogens is 1. The maximum Gasteiger partial charge on any atom is 0.164 e. The first-order valence-corrected chi connectivity index (χ1v) is 20.6. The number of aliphatic hydroxyl groups excluding tert-OH is 1. The van der Waals surface area contributed by atoms with E-state index in [0.717, 1.165) is 71.0 Å². The molecule has 0 amide bonds. The Kier molecular flexibility index (Phi) is 14.2. The maximum atomic E-state index is 12.2. The van der Waals surface area contributed by atoms with Gasteiger partial charge in [0.05, 0.1) is 0 Å². The van der Waals surface area contributed by atoms with Crippen LogP contribution in [0.15, 0.2) is 83.1 Å². The quantitative estimate of drug-likeness (QED) is 0.0799. The van der Waals surface area contributed by atoms with Gasteiger partial charge in [0.1, 0.15) is 17.1 Å². The van der Waals surface area contributed by atoms with Crippen LogP contribution < -0.4 is 0 Å². The van der Waals surface area contributed by atoms with Gasteiger partial charge in [0.25, 0.3) is 0 Å². The van der Waals surface area contributed by atoms with Crippen molar-refractivity contribution in [2.24, 2.45) is 16.7 Å². The van der Waals surface area contributed by atoms with Crippen LogP contribution in [0, 0.1) is 29.7 Å². The monoisotopic (exact) mass is 935 g/mol. The van der Waals surface area contributed by atoms with Crippen LogP contribution in [-0.2, 0) is 36.7 Å². The minimum atomic E-state index is -0.337. The summed E-state index contributed by atoms with van der Waals surface area (Å²) in [7, 11) is 0. The second-order valence-electron chi connectivity index (χ2n) is 16.9. The number of benzene rings is 3. The van der Waals surface area contributed by atoms with Gasteiger partial charge in [-0.05, 0) is 79.5 Å². The number of hydrogen-bond donors (Lipinski definition) is 1. The van der Waals surface area contributed by atoms with Gasteiger partial charge in [-0.15, -0.1) is 40.5 Å². The van der Waals surface area contributed by atoms with E-state index in [4.69, 9.17) is 9.40 Å². The molecule has 3 heterocycles. The fraction of sp³-hybridized carbons (Fsp3) is 0.429. The van der Waals surface area contributed by atoms with Crippen molar-refractivity contribution >= 4 is 48.9 Å². The van der Waals surface area contributed by atoms with Crippen molar-refractivity contribution in [1.29, 1.82) is 0 Å². The zero-order chi connectivity index (χ0) is 39.6. The second kappa shape index (κ2) is 17.7. The van der Waals surface area contributed by atoms with Gasteiger partial charge in [0.15, 0.2) is 5.78 Å². The maximum absolute atomic E-state index is 12.2. The summed E-state index contributed by atoms with van der Waals surface area (Å²) in [5.41, 5.74) is 6.02. The van der Waals surface area contributed by atoms with Crippen LogP contribution in [-0.4, -0.2) is 15.9 Å². The standard InChI is InChI=1S/C34H32NOS.C15H28O2.Ir/c1-20(2)16-31-21(3)24-12-9-13-26(33(24)37-31)30-19-27-29(36-30)14-15-35-32(27)23-17-22-10-7-8-11-25(22)28(18-23)34(4,5)6;1-7-14(5,8-2)12(16)11-13(17)15(6,9-3)10-4;/h7-15,18-20H,16H2,1-6H3;11,16H,7-10H2,1-6H3;/q-1;;/b;12-11-;. The molecule has 6 rings (SSSR count). The van der Waals surface area contributed by atoms with Crippen LogP contribution in [0.25, 0.3) is 54.4 Å². The van der Waals surface area contributed by atoms with Crippen molar-refractivity contribution < 1.29 is 34.4 Å². The second-order valence-corrected chi connectivity index (χ2v) is 18.0. The number of nitrogens with zero attached hydrogens (tertiary/aromatic N) is 1. The van der Waals surface area contributed by atoms with Gasteiger partial charge in [-0.1, -0.05) is 117 Å². The molecule has 4 nitrogen and oxygen atoms in total. The normalized spacial score (nSPS) is 12.6.